The molecule has 0 spiro atoms. The summed E-state index contributed by atoms with van der Waals surface area (Å²) in [6, 6.07) is -0.437. The van der Waals surface area contributed by atoms with Crippen molar-refractivity contribution >= 4 is 15.7 Å². The predicted molar refractivity (Wildman–Crippen MR) is 61.8 cm³/mol. The number of hydrogen-bond acceptors (Lipinski definition) is 5. The summed E-state index contributed by atoms with van der Waals surface area (Å²) in [6.07, 6.45) is -0.126. The van der Waals surface area contributed by atoms with Gasteiger partial charge >= 0.3 is 7.82 Å². The highest BCUT2D eigenvalue weighted by atomic mass is 31.2. The van der Waals surface area contributed by atoms with Crippen LogP contribution in [0.1, 0.15) is 20.3 Å². The minimum atomic E-state index is -3.98. The molecule has 0 aliphatic carbocycles. The Balaban J connectivity index is 2.47. The normalized spacial score (nSPS) is 32.9. The zero-order valence-corrected chi connectivity index (χ0v) is 11.1. The summed E-state index contributed by atoms with van der Waals surface area (Å²) in [5, 5.41) is 0. The third-order valence-corrected chi connectivity index (χ3v) is 3.25. The fourth-order valence-electron chi connectivity index (χ4n) is 1.61. The maximum Gasteiger partial charge on any atom is 0.472 e. The van der Waals surface area contributed by atoms with E-state index in [1.165, 1.54) is 0 Å². The van der Waals surface area contributed by atoms with Gasteiger partial charge in [0, 0.05) is 13.1 Å². The molecule has 4 unspecified atom stereocenters. The molecule has 1 fully saturated rings. The van der Waals surface area contributed by atoms with Gasteiger partial charge in [-0.1, -0.05) is 0 Å². The average molecular weight is 264 g/mol. The minimum absolute atomic E-state index is 0.0276. The zero-order valence-electron chi connectivity index (χ0n) is 10.2. The van der Waals surface area contributed by atoms with Crippen LogP contribution in [0.5, 0.6) is 0 Å². The van der Waals surface area contributed by atoms with Gasteiger partial charge in [0.1, 0.15) is 14.0 Å². The van der Waals surface area contributed by atoms with Gasteiger partial charge in [0.2, 0.25) is 0 Å². The van der Waals surface area contributed by atoms with Gasteiger partial charge in [-0.2, -0.15) is 0 Å². The molecule has 98 valence electrons. The van der Waals surface area contributed by atoms with Crippen LogP contribution in [0.4, 0.5) is 0 Å². The van der Waals surface area contributed by atoms with Gasteiger partial charge in [-0.3, -0.25) is 9.05 Å². The SMILES string of the molecule is [B]C1CC(OC(C)C)C(COP(=O)(O)OC)O1. The summed E-state index contributed by atoms with van der Waals surface area (Å²) < 4.78 is 31.1. The largest absolute Gasteiger partial charge is 0.472 e. The summed E-state index contributed by atoms with van der Waals surface area (Å²) >= 11 is 0. The first-order valence-corrected chi connectivity index (χ1v) is 6.93. The van der Waals surface area contributed by atoms with Crippen molar-refractivity contribution in [1.82, 2.24) is 0 Å². The summed E-state index contributed by atoms with van der Waals surface area (Å²) in [5.74, 6) is 0. The lowest BCUT2D eigenvalue weighted by Crippen LogP contribution is -2.31. The molecule has 1 saturated heterocycles. The maximum absolute atomic E-state index is 11.1. The van der Waals surface area contributed by atoms with Crippen molar-refractivity contribution in [3.63, 3.8) is 0 Å². The standard InChI is InChI=1S/C9H18BO6P/c1-6(2)15-7-4-9(10)16-8(7)5-14-17(11,12)13-3/h6-9H,4-5H2,1-3H3,(H,11,12). The minimum Gasteiger partial charge on any atom is -0.380 e. The van der Waals surface area contributed by atoms with Crippen molar-refractivity contribution in [2.45, 2.75) is 44.6 Å². The highest BCUT2D eigenvalue weighted by Crippen LogP contribution is 2.42. The quantitative estimate of drug-likeness (QED) is 0.565. The first kappa shape index (κ1) is 15.2. The Bertz CT molecular complexity index is 287. The zero-order chi connectivity index (χ0) is 13.1. The van der Waals surface area contributed by atoms with E-state index in [-0.39, 0.29) is 18.8 Å². The Morgan fingerprint density at radius 2 is 2.24 bits per heavy atom. The lowest BCUT2D eigenvalue weighted by atomic mass is 9.96. The molecule has 6 nitrogen and oxygen atoms in total. The van der Waals surface area contributed by atoms with Gasteiger partial charge in [-0.15, -0.1) is 0 Å². The van der Waals surface area contributed by atoms with Gasteiger partial charge < -0.3 is 14.4 Å². The molecule has 8 heteroatoms. The highest BCUT2D eigenvalue weighted by Gasteiger charge is 2.36. The van der Waals surface area contributed by atoms with E-state index in [1.54, 1.807) is 0 Å². The molecule has 1 aliphatic rings. The van der Waals surface area contributed by atoms with Crippen molar-refractivity contribution in [2.75, 3.05) is 13.7 Å². The fraction of sp³-hybridized carbons (Fsp3) is 1.00. The summed E-state index contributed by atoms with van der Waals surface area (Å²) in [5.41, 5.74) is 0. The molecule has 1 heterocycles. The number of phosphoric acid groups is 1. The van der Waals surface area contributed by atoms with E-state index in [1.807, 2.05) is 13.8 Å². The van der Waals surface area contributed by atoms with Crippen LogP contribution in [0.25, 0.3) is 0 Å². The van der Waals surface area contributed by atoms with Crippen LogP contribution in [0.15, 0.2) is 0 Å². The monoisotopic (exact) mass is 264 g/mol. The lowest BCUT2D eigenvalue weighted by molar-refractivity contribution is -0.0577. The second kappa shape index (κ2) is 6.32. The summed E-state index contributed by atoms with van der Waals surface area (Å²) in [7, 11) is 2.76. The third kappa shape index (κ3) is 5.08. The van der Waals surface area contributed by atoms with Crippen LogP contribution < -0.4 is 0 Å². The van der Waals surface area contributed by atoms with E-state index in [4.69, 9.17) is 26.7 Å². The molecule has 1 rings (SSSR count). The number of hydrogen-bond donors (Lipinski definition) is 1. The van der Waals surface area contributed by atoms with Crippen molar-refractivity contribution in [1.29, 1.82) is 0 Å². The van der Waals surface area contributed by atoms with Crippen molar-refractivity contribution in [3.8, 4) is 0 Å². The molecular weight excluding hydrogens is 246 g/mol. The van der Waals surface area contributed by atoms with Crippen LogP contribution in [0.3, 0.4) is 0 Å². The molecule has 0 aromatic rings. The van der Waals surface area contributed by atoms with Gasteiger partial charge in [0.05, 0.1) is 18.8 Å². The van der Waals surface area contributed by atoms with E-state index < -0.39 is 19.9 Å². The van der Waals surface area contributed by atoms with E-state index >= 15 is 0 Å². The molecule has 2 radical (unpaired) electrons. The maximum atomic E-state index is 11.1. The molecule has 0 bridgehead atoms. The van der Waals surface area contributed by atoms with E-state index in [9.17, 15) is 4.57 Å². The smallest absolute Gasteiger partial charge is 0.380 e. The van der Waals surface area contributed by atoms with E-state index in [2.05, 4.69) is 4.52 Å². The molecule has 17 heavy (non-hydrogen) atoms. The molecule has 1 N–H and O–H groups in total. The summed E-state index contributed by atoms with van der Waals surface area (Å²) in [6.45, 7) is 3.70. The second-order valence-corrected chi connectivity index (χ2v) is 5.68. The second-order valence-electron chi connectivity index (χ2n) is 4.12. The summed E-state index contributed by atoms with van der Waals surface area (Å²) in [4.78, 5) is 9.10. The highest BCUT2D eigenvalue weighted by molar-refractivity contribution is 7.47. The molecule has 0 saturated carbocycles. The Morgan fingerprint density at radius 1 is 1.59 bits per heavy atom. The topological polar surface area (TPSA) is 74.2 Å². The van der Waals surface area contributed by atoms with Gasteiger partial charge in [0.25, 0.3) is 0 Å². The molecular formula is C9H18BO6P. The van der Waals surface area contributed by atoms with Crippen molar-refractivity contribution < 1.29 is 28.0 Å². The molecule has 0 aromatic carbocycles. The van der Waals surface area contributed by atoms with Crippen molar-refractivity contribution in [2.24, 2.45) is 0 Å². The van der Waals surface area contributed by atoms with Gasteiger partial charge in [-0.25, -0.2) is 4.57 Å². The molecule has 0 amide bonds. The Labute approximate surface area is 103 Å². The van der Waals surface area contributed by atoms with Gasteiger partial charge in [-0.05, 0) is 20.3 Å². The Morgan fingerprint density at radius 3 is 2.76 bits per heavy atom. The molecule has 4 atom stereocenters. The van der Waals surface area contributed by atoms with Crippen LogP contribution in [-0.2, 0) is 23.1 Å². The average Bonchev–Trinajstić information content (AvgIpc) is 2.55. The van der Waals surface area contributed by atoms with Crippen LogP contribution in [0.2, 0.25) is 0 Å². The van der Waals surface area contributed by atoms with Crippen LogP contribution >= 0.6 is 7.82 Å². The third-order valence-electron chi connectivity index (χ3n) is 2.31. The number of ether oxygens (including phenoxy) is 2. The first-order valence-electron chi connectivity index (χ1n) is 5.43. The Hall–Kier alpha value is 0.0949. The Kier molecular flexibility index (Phi) is 5.63. The van der Waals surface area contributed by atoms with E-state index in [0.29, 0.717) is 6.42 Å². The molecule has 0 aromatic heterocycles. The van der Waals surface area contributed by atoms with E-state index in [0.717, 1.165) is 7.11 Å². The fourth-order valence-corrected chi connectivity index (χ4v) is 2.05. The van der Waals surface area contributed by atoms with Crippen LogP contribution in [-0.4, -0.2) is 50.8 Å². The first-order chi connectivity index (χ1) is 7.84. The number of rotatable bonds is 6. The van der Waals surface area contributed by atoms with Crippen LogP contribution in [0, 0.1) is 0 Å². The molecule has 1 aliphatic heterocycles. The predicted octanol–water partition coefficient (Wildman–Crippen LogP) is 0.827. The number of phosphoric ester groups is 1. The van der Waals surface area contributed by atoms with Gasteiger partial charge in [0.15, 0.2) is 0 Å². The van der Waals surface area contributed by atoms with Crippen molar-refractivity contribution in [3.05, 3.63) is 0 Å². The lowest BCUT2D eigenvalue weighted by Gasteiger charge is -2.21.